The molecule has 140 valence electrons. The van der Waals surface area contributed by atoms with E-state index < -0.39 is 16.0 Å². The van der Waals surface area contributed by atoms with E-state index in [1.807, 2.05) is 30.3 Å². The summed E-state index contributed by atoms with van der Waals surface area (Å²) in [6, 6.07) is 13.5. The Morgan fingerprint density at radius 1 is 1.19 bits per heavy atom. The molecular weight excluding hydrogens is 388 g/mol. The predicted molar refractivity (Wildman–Crippen MR) is 101 cm³/mol. The average molecular weight is 404 g/mol. The van der Waals surface area contributed by atoms with Crippen LogP contribution in [0.2, 0.25) is 0 Å². The highest BCUT2D eigenvalue weighted by Crippen LogP contribution is 2.25. The molecular formula is C18H16N2O5S2. The number of rotatable bonds is 6. The van der Waals surface area contributed by atoms with Gasteiger partial charge in [-0.1, -0.05) is 30.3 Å². The van der Waals surface area contributed by atoms with Crippen LogP contribution in [-0.2, 0) is 21.4 Å². The second-order valence-corrected chi connectivity index (χ2v) is 7.88. The minimum Gasteiger partial charge on any atom is -0.495 e. The first-order valence-electron chi connectivity index (χ1n) is 7.76. The Hall–Kier alpha value is -2.75. The van der Waals surface area contributed by atoms with E-state index in [1.165, 1.54) is 30.6 Å². The number of carbonyl (C=O) groups excluding carboxylic acids is 1. The zero-order valence-electron chi connectivity index (χ0n) is 14.3. The number of methoxy groups -OCH3 is 1. The first-order valence-corrected chi connectivity index (χ1v) is 10.2. The van der Waals surface area contributed by atoms with Crippen LogP contribution in [0.3, 0.4) is 0 Å². The van der Waals surface area contributed by atoms with Crippen molar-refractivity contribution in [1.82, 2.24) is 4.98 Å². The van der Waals surface area contributed by atoms with Crippen LogP contribution < -0.4 is 9.88 Å². The summed E-state index contributed by atoms with van der Waals surface area (Å²) < 4.78 is 33.5. The summed E-state index contributed by atoms with van der Waals surface area (Å²) >= 11 is 1.45. The molecule has 0 saturated heterocycles. The molecule has 27 heavy (non-hydrogen) atoms. The molecule has 0 atom stereocenters. The second-order valence-electron chi connectivity index (χ2n) is 5.50. The maximum atomic E-state index is 12.3. The topological polar surface area (TPSA) is 109 Å². The van der Waals surface area contributed by atoms with Gasteiger partial charge < -0.3 is 9.47 Å². The average Bonchev–Trinajstić information content (AvgIpc) is 3.14. The van der Waals surface area contributed by atoms with E-state index in [0.717, 1.165) is 16.6 Å². The van der Waals surface area contributed by atoms with Crippen LogP contribution in [-0.4, -0.2) is 26.5 Å². The van der Waals surface area contributed by atoms with Crippen LogP contribution in [0.4, 0.5) is 0 Å². The monoisotopic (exact) mass is 404 g/mol. The van der Waals surface area contributed by atoms with E-state index in [-0.39, 0.29) is 22.8 Å². The van der Waals surface area contributed by atoms with E-state index in [1.54, 1.807) is 5.38 Å². The smallest absolute Gasteiger partial charge is 0.338 e. The van der Waals surface area contributed by atoms with Crippen molar-refractivity contribution in [3.05, 3.63) is 65.2 Å². The van der Waals surface area contributed by atoms with Crippen LogP contribution in [0.15, 0.2) is 58.8 Å². The van der Waals surface area contributed by atoms with Gasteiger partial charge in [-0.25, -0.2) is 23.3 Å². The van der Waals surface area contributed by atoms with E-state index in [2.05, 4.69) is 4.98 Å². The van der Waals surface area contributed by atoms with Gasteiger partial charge in [0.15, 0.2) is 0 Å². The number of benzene rings is 2. The van der Waals surface area contributed by atoms with E-state index in [4.69, 9.17) is 14.6 Å². The van der Waals surface area contributed by atoms with Crippen LogP contribution in [0.1, 0.15) is 16.1 Å². The standard InChI is InChI=1S/C18H16N2O5S2/c1-24-15-8-7-13(9-16(15)27(19,22)23)18(21)25-10-14-11-26-17(20-14)12-5-3-2-4-6-12/h2-9,11H,10H2,1H3,(H2,19,22,23). The van der Waals surface area contributed by atoms with Gasteiger partial charge in [-0.05, 0) is 18.2 Å². The molecule has 0 radical (unpaired) electrons. The molecule has 2 N–H and O–H groups in total. The molecule has 0 aliphatic rings. The normalized spacial score (nSPS) is 11.2. The van der Waals surface area contributed by atoms with Gasteiger partial charge in [-0.2, -0.15) is 0 Å². The number of primary sulfonamides is 1. The summed E-state index contributed by atoms with van der Waals surface area (Å²) in [5.41, 5.74) is 1.64. The minimum atomic E-state index is -4.04. The lowest BCUT2D eigenvalue weighted by Crippen LogP contribution is -2.15. The summed E-state index contributed by atoms with van der Waals surface area (Å²) in [6.45, 7) is -0.0289. The van der Waals surface area contributed by atoms with Crippen LogP contribution in [0, 0.1) is 0 Å². The van der Waals surface area contributed by atoms with Gasteiger partial charge in [0.25, 0.3) is 0 Å². The van der Waals surface area contributed by atoms with E-state index in [9.17, 15) is 13.2 Å². The Balaban J connectivity index is 1.72. The van der Waals surface area contributed by atoms with Crippen molar-refractivity contribution in [3.63, 3.8) is 0 Å². The third-order valence-corrected chi connectivity index (χ3v) is 5.50. The number of carbonyl (C=O) groups is 1. The van der Waals surface area contributed by atoms with Crippen LogP contribution >= 0.6 is 11.3 Å². The first-order chi connectivity index (χ1) is 12.9. The van der Waals surface area contributed by atoms with E-state index >= 15 is 0 Å². The Labute approximate surface area is 160 Å². The summed E-state index contributed by atoms with van der Waals surface area (Å²) in [5.74, 6) is -0.627. The number of hydrogen-bond donors (Lipinski definition) is 1. The molecule has 9 heteroatoms. The Kier molecular flexibility index (Phi) is 5.54. The molecule has 1 heterocycles. The van der Waals surface area contributed by atoms with Crippen molar-refractivity contribution >= 4 is 27.3 Å². The molecule has 1 aromatic heterocycles. The number of ether oxygens (including phenoxy) is 2. The molecule has 0 unspecified atom stereocenters. The fourth-order valence-electron chi connectivity index (χ4n) is 2.34. The molecule has 0 saturated carbocycles. The summed E-state index contributed by atoms with van der Waals surface area (Å²) in [6.07, 6.45) is 0. The van der Waals surface area contributed by atoms with Gasteiger partial charge in [0.05, 0.1) is 18.4 Å². The van der Waals surface area contributed by atoms with Gasteiger partial charge in [0.1, 0.15) is 22.3 Å². The van der Waals surface area contributed by atoms with Crippen molar-refractivity contribution in [2.24, 2.45) is 5.14 Å². The van der Waals surface area contributed by atoms with Gasteiger partial charge in [-0.15, -0.1) is 11.3 Å². The molecule has 7 nitrogen and oxygen atoms in total. The van der Waals surface area contributed by atoms with Crippen molar-refractivity contribution < 1.29 is 22.7 Å². The molecule has 0 spiro atoms. The second kappa shape index (κ2) is 7.87. The number of nitrogens with zero attached hydrogens (tertiary/aromatic N) is 1. The van der Waals surface area contributed by atoms with Gasteiger partial charge >= 0.3 is 5.97 Å². The Morgan fingerprint density at radius 2 is 1.93 bits per heavy atom. The quantitative estimate of drug-likeness (QED) is 0.633. The lowest BCUT2D eigenvalue weighted by molar-refractivity contribution is 0.0468. The van der Waals surface area contributed by atoms with Crippen molar-refractivity contribution in [2.75, 3.05) is 7.11 Å². The zero-order chi connectivity index (χ0) is 19.4. The fraction of sp³-hybridized carbons (Fsp3) is 0.111. The van der Waals surface area contributed by atoms with E-state index in [0.29, 0.717) is 5.69 Å². The highest BCUT2D eigenvalue weighted by molar-refractivity contribution is 7.89. The SMILES string of the molecule is COc1ccc(C(=O)OCc2csc(-c3ccccc3)n2)cc1S(N)(=O)=O. The number of nitrogens with two attached hydrogens (primary N) is 1. The number of thiazole rings is 1. The highest BCUT2D eigenvalue weighted by atomic mass is 32.2. The number of aromatic nitrogens is 1. The maximum absolute atomic E-state index is 12.3. The van der Waals surface area contributed by atoms with Crippen molar-refractivity contribution in [2.45, 2.75) is 11.5 Å². The Morgan fingerprint density at radius 3 is 2.59 bits per heavy atom. The predicted octanol–water partition coefficient (Wildman–Crippen LogP) is 2.82. The minimum absolute atomic E-state index is 0.0289. The molecule has 3 rings (SSSR count). The molecule has 0 fully saturated rings. The zero-order valence-corrected chi connectivity index (χ0v) is 15.9. The molecule has 3 aromatic rings. The summed E-state index contributed by atoms with van der Waals surface area (Å²) in [5, 5.41) is 7.78. The third kappa shape index (κ3) is 4.51. The maximum Gasteiger partial charge on any atom is 0.338 e. The molecule has 0 aliphatic heterocycles. The van der Waals surface area contributed by atoms with Gasteiger partial charge in [0.2, 0.25) is 10.0 Å². The van der Waals surface area contributed by atoms with Crippen LogP contribution in [0.5, 0.6) is 5.75 Å². The van der Waals surface area contributed by atoms with Crippen molar-refractivity contribution in [3.8, 4) is 16.3 Å². The van der Waals surface area contributed by atoms with Gasteiger partial charge in [-0.3, -0.25) is 0 Å². The molecule has 2 aromatic carbocycles. The Bertz CT molecular complexity index is 1060. The van der Waals surface area contributed by atoms with Crippen LogP contribution in [0.25, 0.3) is 10.6 Å². The number of sulfonamides is 1. The number of hydrogen-bond acceptors (Lipinski definition) is 7. The fourth-order valence-corrected chi connectivity index (χ4v) is 3.87. The summed E-state index contributed by atoms with van der Waals surface area (Å²) in [7, 11) is -2.73. The summed E-state index contributed by atoms with van der Waals surface area (Å²) in [4.78, 5) is 16.4. The lowest BCUT2D eigenvalue weighted by atomic mass is 10.2. The van der Waals surface area contributed by atoms with Gasteiger partial charge in [0, 0.05) is 10.9 Å². The largest absolute Gasteiger partial charge is 0.495 e. The number of esters is 1. The highest BCUT2D eigenvalue weighted by Gasteiger charge is 2.19. The third-order valence-electron chi connectivity index (χ3n) is 3.63. The molecule has 0 amide bonds. The molecule has 0 bridgehead atoms. The first kappa shape index (κ1) is 19.0. The molecule has 0 aliphatic carbocycles. The lowest BCUT2D eigenvalue weighted by Gasteiger charge is -2.09. The van der Waals surface area contributed by atoms with Crippen molar-refractivity contribution in [1.29, 1.82) is 0 Å².